The average molecular weight is 592 g/mol. The molecule has 1 fully saturated rings. The van der Waals surface area contributed by atoms with E-state index in [1.54, 1.807) is 27.1 Å². The number of ether oxygens (including phenoxy) is 2. The van der Waals surface area contributed by atoms with Gasteiger partial charge in [0.05, 0.1) is 18.7 Å². The second kappa shape index (κ2) is 21.5. The molecule has 0 aromatic heterocycles. The fraction of sp³-hybridized carbons (Fsp3) is 0.500. The van der Waals surface area contributed by atoms with Crippen LogP contribution >= 0.6 is 11.6 Å². The summed E-state index contributed by atoms with van der Waals surface area (Å²) in [6.07, 6.45) is 8.49. The topological polar surface area (TPSA) is 109 Å². The Hall–Kier alpha value is -3.23. The van der Waals surface area contributed by atoms with Crippen LogP contribution in [0.2, 0.25) is 5.02 Å². The van der Waals surface area contributed by atoms with E-state index in [-0.39, 0.29) is 5.92 Å². The third-order valence-corrected chi connectivity index (χ3v) is 6.60. The Balaban J connectivity index is 0.00000121. The van der Waals surface area contributed by atoms with E-state index in [1.807, 2.05) is 65.0 Å². The first-order chi connectivity index (χ1) is 19.5. The molecule has 1 aliphatic carbocycles. The normalized spacial score (nSPS) is 15.0. The minimum Gasteiger partial charge on any atom is -0.497 e. The molecule has 0 spiro atoms. The average Bonchev–Trinajstić information content (AvgIpc) is 2.96. The first kappa shape index (κ1) is 37.8. The molecule has 1 atom stereocenters. The highest BCUT2D eigenvalue weighted by molar-refractivity contribution is 6.31. The Labute approximate surface area is 251 Å². The van der Waals surface area contributed by atoms with Gasteiger partial charge in [-0.2, -0.15) is 0 Å². The summed E-state index contributed by atoms with van der Waals surface area (Å²) in [6, 6.07) is 7.28. The van der Waals surface area contributed by atoms with Gasteiger partial charge >= 0.3 is 12.1 Å². The molecule has 230 valence electrons. The molecule has 4 N–H and O–H groups in total. The maximum Gasteiger partial charge on any atom is 0.412 e. The number of hydrogen-bond donors (Lipinski definition) is 4. The number of hydrazine groups is 1. The fourth-order valence-corrected chi connectivity index (χ4v) is 4.35. The van der Waals surface area contributed by atoms with E-state index in [1.165, 1.54) is 6.42 Å². The standard InChI is InChI=1S/C23H32ClN3O3.C7H12O2.C2H6/c1-8-20(22(27-25-6)16(4)13-14-21(29-7)15(2)3)26-23(28)30-17(5)18-11-9-10-12-19(18)24;8-7(9)6-4-2-1-3-5-6;1-2/h9-14,17,25,27H,2,8H2,1,3-7H3,(H,26,28);6H,1-5H2,(H,8,9);1-2H3/b16-13+,21-14+,22-20+;;. The molecule has 41 heavy (non-hydrogen) atoms. The van der Waals surface area contributed by atoms with Gasteiger partial charge in [0.2, 0.25) is 0 Å². The number of rotatable bonds is 11. The van der Waals surface area contributed by atoms with Gasteiger partial charge < -0.3 is 20.0 Å². The minimum absolute atomic E-state index is 0.0289. The number of hydrogen-bond acceptors (Lipinski definition) is 6. The van der Waals surface area contributed by atoms with Crippen molar-refractivity contribution in [2.24, 2.45) is 5.92 Å². The van der Waals surface area contributed by atoms with E-state index in [9.17, 15) is 9.59 Å². The number of carbonyl (C=O) groups is 2. The Morgan fingerprint density at radius 3 is 2.22 bits per heavy atom. The van der Waals surface area contributed by atoms with Crippen molar-refractivity contribution >= 4 is 23.7 Å². The maximum absolute atomic E-state index is 12.5. The van der Waals surface area contributed by atoms with Crippen LogP contribution < -0.4 is 16.2 Å². The lowest BCUT2D eigenvalue weighted by molar-refractivity contribution is -0.142. The van der Waals surface area contributed by atoms with E-state index in [0.29, 0.717) is 22.9 Å². The molecule has 0 radical (unpaired) electrons. The predicted octanol–water partition coefficient (Wildman–Crippen LogP) is 8.20. The van der Waals surface area contributed by atoms with Gasteiger partial charge in [-0.05, 0) is 63.3 Å². The molecular weight excluding hydrogens is 542 g/mol. The van der Waals surface area contributed by atoms with Crippen LogP contribution in [-0.2, 0) is 14.3 Å². The van der Waals surface area contributed by atoms with Gasteiger partial charge in [0.15, 0.2) is 0 Å². The number of halogens is 1. The monoisotopic (exact) mass is 591 g/mol. The van der Waals surface area contributed by atoms with Gasteiger partial charge in [0.25, 0.3) is 0 Å². The molecule has 0 bridgehead atoms. The van der Waals surface area contributed by atoms with Crippen molar-refractivity contribution in [1.29, 1.82) is 0 Å². The molecule has 1 aromatic carbocycles. The van der Waals surface area contributed by atoms with Crippen molar-refractivity contribution in [3.8, 4) is 0 Å². The Kier molecular flexibility index (Phi) is 19.8. The van der Waals surface area contributed by atoms with Gasteiger partial charge in [-0.15, -0.1) is 0 Å². The number of aliphatic carboxylic acids is 1. The molecule has 9 heteroatoms. The van der Waals surface area contributed by atoms with Crippen LogP contribution in [0.5, 0.6) is 0 Å². The number of allylic oxidation sites excluding steroid dienone is 5. The highest BCUT2D eigenvalue weighted by atomic mass is 35.5. The highest BCUT2D eigenvalue weighted by Crippen LogP contribution is 2.25. The van der Waals surface area contributed by atoms with Crippen LogP contribution in [0.3, 0.4) is 0 Å². The Morgan fingerprint density at radius 2 is 1.76 bits per heavy atom. The predicted molar refractivity (Wildman–Crippen MR) is 168 cm³/mol. The van der Waals surface area contributed by atoms with Crippen LogP contribution in [0.4, 0.5) is 4.79 Å². The van der Waals surface area contributed by atoms with Crippen LogP contribution in [0.25, 0.3) is 0 Å². The quantitative estimate of drug-likeness (QED) is 0.117. The molecule has 1 amide bonds. The molecule has 1 aliphatic rings. The van der Waals surface area contributed by atoms with Crippen molar-refractivity contribution in [2.45, 2.75) is 86.2 Å². The molecule has 2 rings (SSSR count). The number of methoxy groups -OCH3 is 1. The smallest absolute Gasteiger partial charge is 0.412 e. The lowest BCUT2D eigenvalue weighted by atomic mass is 9.90. The molecule has 1 saturated carbocycles. The van der Waals surface area contributed by atoms with Crippen LogP contribution in [0, 0.1) is 5.92 Å². The summed E-state index contributed by atoms with van der Waals surface area (Å²) in [5, 5.41) is 11.9. The highest BCUT2D eigenvalue weighted by Gasteiger charge is 2.19. The SMILES string of the molecule is C=C(C)\C(=C/C=C(C)/C(NNC)=C(/CC)NC(=O)OC(C)c1ccccc1Cl)OC.CC.O=C(O)C1CCCCC1. The molecule has 8 nitrogen and oxygen atoms in total. The van der Waals surface area contributed by atoms with E-state index < -0.39 is 18.2 Å². The summed E-state index contributed by atoms with van der Waals surface area (Å²) in [4.78, 5) is 22.9. The zero-order valence-corrected chi connectivity index (χ0v) is 26.8. The number of alkyl carbamates (subject to hydrolysis) is 1. The first-order valence-electron chi connectivity index (χ1n) is 14.2. The summed E-state index contributed by atoms with van der Waals surface area (Å²) in [6.45, 7) is 15.4. The fourth-order valence-electron chi connectivity index (χ4n) is 4.06. The number of amides is 1. The van der Waals surface area contributed by atoms with Gasteiger partial charge in [0.1, 0.15) is 11.9 Å². The van der Waals surface area contributed by atoms with Crippen LogP contribution in [0.15, 0.2) is 71.3 Å². The van der Waals surface area contributed by atoms with Crippen molar-refractivity contribution in [3.05, 3.63) is 81.9 Å². The summed E-state index contributed by atoms with van der Waals surface area (Å²) >= 11 is 6.19. The van der Waals surface area contributed by atoms with Crippen molar-refractivity contribution in [1.82, 2.24) is 16.2 Å². The largest absolute Gasteiger partial charge is 0.497 e. The Bertz CT molecular complexity index is 1060. The molecule has 1 aromatic rings. The molecular formula is C32H50ClN3O5. The molecule has 0 heterocycles. The third-order valence-electron chi connectivity index (χ3n) is 6.26. The van der Waals surface area contributed by atoms with E-state index >= 15 is 0 Å². The van der Waals surface area contributed by atoms with Gasteiger partial charge in [-0.1, -0.05) is 82.5 Å². The summed E-state index contributed by atoms with van der Waals surface area (Å²) < 4.78 is 10.8. The molecule has 0 saturated heterocycles. The number of carboxylic acids is 1. The Morgan fingerprint density at radius 1 is 1.15 bits per heavy atom. The number of carboxylic acid groups (broad SMARTS) is 1. The second-order valence-corrected chi connectivity index (χ2v) is 9.72. The van der Waals surface area contributed by atoms with E-state index in [2.05, 4.69) is 22.7 Å². The lowest BCUT2D eigenvalue weighted by Gasteiger charge is -2.19. The zero-order valence-electron chi connectivity index (χ0n) is 26.0. The summed E-state index contributed by atoms with van der Waals surface area (Å²) in [7, 11) is 3.35. The second-order valence-electron chi connectivity index (χ2n) is 9.31. The zero-order chi connectivity index (χ0) is 31.4. The maximum atomic E-state index is 12.5. The van der Waals surface area contributed by atoms with Crippen molar-refractivity contribution in [3.63, 3.8) is 0 Å². The number of benzene rings is 1. The van der Waals surface area contributed by atoms with Gasteiger partial charge in [-0.25, -0.2) is 10.2 Å². The van der Waals surface area contributed by atoms with Crippen LogP contribution in [0.1, 0.15) is 91.7 Å². The lowest BCUT2D eigenvalue weighted by Crippen LogP contribution is -2.33. The van der Waals surface area contributed by atoms with E-state index in [4.69, 9.17) is 26.2 Å². The van der Waals surface area contributed by atoms with Gasteiger partial charge in [-0.3, -0.25) is 10.1 Å². The van der Waals surface area contributed by atoms with Gasteiger partial charge in [0, 0.05) is 23.3 Å². The van der Waals surface area contributed by atoms with Crippen LogP contribution in [-0.4, -0.2) is 31.3 Å². The van der Waals surface area contributed by atoms with E-state index in [0.717, 1.165) is 48.1 Å². The van der Waals surface area contributed by atoms with Crippen molar-refractivity contribution < 1.29 is 24.2 Å². The number of nitrogens with one attached hydrogen (secondary N) is 3. The van der Waals surface area contributed by atoms with Crippen molar-refractivity contribution in [2.75, 3.05) is 14.2 Å². The third kappa shape index (κ3) is 14.3. The summed E-state index contributed by atoms with van der Waals surface area (Å²) in [5.74, 6) is 0.0468. The molecule has 1 unspecified atom stereocenters. The number of carbonyl (C=O) groups excluding carboxylic acids is 1. The summed E-state index contributed by atoms with van der Waals surface area (Å²) in [5.41, 5.74) is 9.85. The first-order valence-corrected chi connectivity index (χ1v) is 14.6. The molecule has 0 aliphatic heterocycles. The minimum atomic E-state index is -0.602.